The quantitative estimate of drug-likeness (QED) is 0.868. The molecule has 2 N–H and O–H groups in total. The average Bonchev–Trinajstić information content (AvgIpc) is 2.95. The lowest BCUT2D eigenvalue weighted by atomic mass is 10.4. The Hall–Kier alpha value is -1.71. The van der Waals surface area contributed by atoms with Crippen molar-refractivity contribution in [1.29, 1.82) is 0 Å². The maximum Gasteiger partial charge on any atom is 0.345 e. The Morgan fingerprint density at radius 3 is 2.62 bits per heavy atom. The van der Waals surface area contributed by atoms with Crippen molar-refractivity contribution in [2.24, 2.45) is 0 Å². The lowest BCUT2D eigenvalue weighted by Crippen LogP contribution is -2.27. The number of aryl methyl sites for hydroxylation is 2. The molecule has 0 bridgehead atoms. The number of rotatable bonds is 5. The first-order chi connectivity index (χ1) is 9.70. The zero-order chi connectivity index (χ0) is 15.8. The predicted octanol–water partition coefficient (Wildman–Crippen LogP) is 2.09. The number of sulfonamides is 1. The van der Waals surface area contributed by atoms with Crippen LogP contribution >= 0.6 is 11.3 Å². The lowest BCUT2D eigenvalue weighted by Gasteiger charge is -2.10. The molecule has 2 aromatic rings. The van der Waals surface area contributed by atoms with Crippen LogP contribution in [0.4, 0.5) is 0 Å². The minimum absolute atomic E-state index is 0.0208. The van der Waals surface area contributed by atoms with E-state index in [1.54, 1.807) is 20.8 Å². The van der Waals surface area contributed by atoms with Crippen molar-refractivity contribution in [2.75, 3.05) is 0 Å². The molecule has 0 aliphatic carbocycles. The van der Waals surface area contributed by atoms with Crippen molar-refractivity contribution in [1.82, 2.24) is 9.71 Å². The summed E-state index contributed by atoms with van der Waals surface area (Å²) >= 11 is 0.919. The Morgan fingerprint density at radius 2 is 2.14 bits per heavy atom. The molecule has 0 saturated carbocycles. The molecule has 1 unspecified atom stereocenters. The highest BCUT2D eigenvalue weighted by atomic mass is 32.2. The van der Waals surface area contributed by atoms with Gasteiger partial charge in [0.05, 0.1) is 17.1 Å². The van der Waals surface area contributed by atoms with E-state index in [4.69, 9.17) is 9.52 Å². The molecule has 0 spiro atoms. The highest BCUT2D eigenvalue weighted by Gasteiger charge is 2.25. The summed E-state index contributed by atoms with van der Waals surface area (Å²) in [5.74, 6) is -0.320. The molecular weight excluding hydrogens is 316 g/mol. The van der Waals surface area contributed by atoms with Gasteiger partial charge in [0.2, 0.25) is 15.9 Å². The Bertz CT molecular complexity index is 775. The molecule has 0 fully saturated rings. The molecule has 0 aliphatic heterocycles. The molecule has 0 saturated heterocycles. The van der Waals surface area contributed by atoms with Crippen LogP contribution in [0.5, 0.6) is 0 Å². The van der Waals surface area contributed by atoms with E-state index in [-0.39, 0.29) is 15.7 Å². The minimum Gasteiger partial charge on any atom is -0.477 e. The summed E-state index contributed by atoms with van der Waals surface area (Å²) in [6.07, 6.45) is 1.50. The number of aromatic nitrogens is 1. The van der Waals surface area contributed by atoms with Crippen LogP contribution < -0.4 is 4.72 Å². The smallest absolute Gasteiger partial charge is 0.345 e. The fraction of sp³-hybridized carbons (Fsp3) is 0.333. The number of oxazole rings is 1. The van der Waals surface area contributed by atoms with Crippen LogP contribution in [0.2, 0.25) is 0 Å². The Kier molecular flexibility index (Phi) is 4.17. The molecule has 114 valence electrons. The van der Waals surface area contributed by atoms with Gasteiger partial charge in [0.25, 0.3) is 0 Å². The standard InChI is InChI=1S/C12H14N2O5S2/c1-6-5-13-11(19-6)7(2)14-21(17,18)10-4-9(12(15)16)20-8(10)3/h4-5,7,14H,1-3H3,(H,15,16). The Morgan fingerprint density at radius 1 is 1.48 bits per heavy atom. The Balaban J connectivity index is 2.28. The van der Waals surface area contributed by atoms with Crippen LogP contribution in [-0.4, -0.2) is 24.5 Å². The van der Waals surface area contributed by atoms with Gasteiger partial charge in [-0.2, -0.15) is 4.72 Å². The number of nitrogens with one attached hydrogen (secondary N) is 1. The molecular formula is C12H14N2O5S2. The highest BCUT2D eigenvalue weighted by molar-refractivity contribution is 7.89. The van der Waals surface area contributed by atoms with Gasteiger partial charge in [-0.3, -0.25) is 0 Å². The third kappa shape index (κ3) is 3.31. The van der Waals surface area contributed by atoms with Gasteiger partial charge in [0.1, 0.15) is 10.6 Å². The number of carboxylic acid groups (broad SMARTS) is 1. The van der Waals surface area contributed by atoms with Crippen molar-refractivity contribution >= 4 is 27.3 Å². The van der Waals surface area contributed by atoms with Gasteiger partial charge in [-0.05, 0) is 26.8 Å². The largest absolute Gasteiger partial charge is 0.477 e. The van der Waals surface area contributed by atoms with Crippen LogP contribution in [-0.2, 0) is 10.0 Å². The van der Waals surface area contributed by atoms with Crippen molar-refractivity contribution in [2.45, 2.75) is 31.7 Å². The number of hydrogen-bond acceptors (Lipinski definition) is 6. The average molecular weight is 330 g/mol. The topological polar surface area (TPSA) is 110 Å². The summed E-state index contributed by atoms with van der Waals surface area (Å²) in [6.45, 7) is 4.87. The first-order valence-corrected chi connectivity index (χ1v) is 8.29. The summed E-state index contributed by atoms with van der Waals surface area (Å²) in [6, 6.07) is 0.495. The lowest BCUT2D eigenvalue weighted by molar-refractivity contribution is 0.0702. The van der Waals surface area contributed by atoms with Crippen LogP contribution in [0.3, 0.4) is 0 Å². The number of hydrogen-bond donors (Lipinski definition) is 2. The number of thiophene rings is 1. The van der Waals surface area contributed by atoms with Crippen LogP contribution in [0.25, 0.3) is 0 Å². The molecule has 2 heterocycles. The molecule has 7 nitrogen and oxygen atoms in total. The van der Waals surface area contributed by atoms with Crippen molar-refractivity contribution in [3.05, 3.63) is 33.7 Å². The zero-order valence-electron chi connectivity index (χ0n) is 11.6. The van der Waals surface area contributed by atoms with Crippen LogP contribution in [0, 0.1) is 13.8 Å². The van der Waals surface area contributed by atoms with Crippen LogP contribution in [0.1, 0.15) is 39.2 Å². The second-order valence-electron chi connectivity index (χ2n) is 4.49. The summed E-state index contributed by atoms with van der Waals surface area (Å²) in [7, 11) is -3.84. The van der Waals surface area contributed by atoms with E-state index in [9.17, 15) is 13.2 Å². The van der Waals surface area contributed by atoms with Gasteiger partial charge in [-0.1, -0.05) is 0 Å². The van der Waals surface area contributed by atoms with E-state index in [0.717, 1.165) is 17.4 Å². The summed E-state index contributed by atoms with van der Waals surface area (Å²) in [4.78, 5) is 15.2. The maximum atomic E-state index is 12.3. The molecule has 0 radical (unpaired) electrons. The monoisotopic (exact) mass is 330 g/mol. The van der Waals surface area contributed by atoms with Crippen LogP contribution in [0.15, 0.2) is 21.6 Å². The zero-order valence-corrected chi connectivity index (χ0v) is 13.2. The third-order valence-electron chi connectivity index (χ3n) is 2.71. The molecule has 2 rings (SSSR count). The third-order valence-corrected chi connectivity index (χ3v) is 5.55. The van der Waals surface area contributed by atoms with Crippen molar-refractivity contribution in [3.8, 4) is 0 Å². The van der Waals surface area contributed by atoms with Gasteiger partial charge < -0.3 is 9.52 Å². The molecule has 0 amide bonds. The van der Waals surface area contributed by atoms with Gasteiger partial charge in [0, 0.05) is 4.88 Å². The normalized spacial score (nSPS) is 13.3. The predicted molar refractivity (Wildman–Crippen MR) is 76.0 cm³/mol. The van der Waals surface area contributed by atoms with Crippen molar-refractivity contribution < 1.29 is 22.7 Å². The van der Waals surface area contributed by atoms with Gasteiger partial charge >= 0.3 is 5.97 Å². The second-order valence-corrected chi connectivity index (χ2v) is 7.43. The van der Waals surface area contributed by atoms with E-state index >= 15 is 0 Å². The summed E-state index contributed by atoms with van der Waals surface area (Å²) in [5.41, 5.74) is 0. The van der Waals surface area contributed by atoms with Gasteiger partial charge in [-0.15, -0.1) is 11.3 Å². The second kappa shape index (κ2) is 5.58. The first kappa shape index (κ1) is 15.7. The van der Waals surface area contributed by atoms with E-state index < -0.39 is 22.0 Å². The van der Waals surface area contributed by atoms with E-state index in [1.165, 1.54) is 6.20 Å². The molecule has 1 atom stereocenters. The summed E-state index contributed by atoms with van der Waals surface area (Å²) < 4.78 is 32.3. The minimum atomic E-state index is -3.84. The molecule has 21 heavy (non-hydrogen) atoms. The van der Waals surface area contributed by atoms with E-state index in [1.807, 2.05) is 0 Å². The maximum absolute atomic E-state index is 12.3. The SMILES string of the molecule is Cc1cnc(C(C)NS(=O)(=O)c2cc(C(=O)O)sc2C)o1. The molecule has 2 aromatic heterocycles. The highest BCUT2D eigenvalue weighted by Crippen LogP contribution is 2.27. The van der Waals surface area contributed by atoms with E-state index in [2.05, 4.69) is 9.71 Å². The number of carboxylic acids is 1. The summed E-state index contributed by atoms with van der Waals surface area (Å²) in [5, 5.41) is 8.92. The fourth-order valence-electron chi connectivity index (χ4n) is 1.76. The van der Waals surface area contributed by atoms with Crippen molar-refractivity contribution in [3.63, 3.8) is 0 Å². The fourth-order valence-corrected chi connectivity index (χ4v) is 4.38. The van der Waals surface area contributed by atoms with Gasteiger partial charge in [-0.25, -0.2) is 18.2 Å². The van der Waals surface area contributed by atoms with E-state index in [0.29, 0.717) is 10.6 Å². The number of aromatic carboxylic acids is 1. The molecule has 0 aromatic carbocycles. The molecule has 0 aliphatic rings. The Labute approximate surface area is 125 Å². The molecule has 9 heteroatoms. The number of carbonyl (C=O) groups is 1. The van der Waals surface area contributed by atoms with Gasteiger partial charge in [0.15, 0.2) is 0 Å². The number of nitrogens with zero attached hydrogens (tertiary/aromatic N) is 1. The first-order valence-electron chi connectivity index (χ1n) is 5.99.